The maximum atomic E-state index is 10.9. The number of hydrogen-bond donors (Lipinski definition) is 1. The zero-order valence-corrected chi connectivity index (χ0v) is 14.5. The molecule has 0 fully saturated rings. The van der Waals surface area contributed by atoms with E-state index in [2.05, 4.69) is 6.07 Å². The van der Waals surface area contributed by atoms with Crippen molar-refractivity contribution >= 4 is 29.2 Å². The minimum atomic E-state index is -1.02. The van der Waals surface area contributed by atoms with Crippen molar-refractivity contribution in [2.24, 2.45) is 0 Å². The van der Waals surface area contributed by atoms with Crippen LogP contribution in [0.1, 0.15) is 28.4 Å². The average molecular weight is 358 g/mol. The highest BCUT2D eigenvalue weighted by Crippen LogP contribution is 2.37. The standard InChI is InChI=1S/C19H16ClNO4/c1-3-25-18-16(20)9-12(10-17(18)24-2)8-15(11-21)13-4-6-14(7-5-13)19(22)23/h4-10H,3H2,1-2H3,(H,22,23)/b15-8-. The van der Waals surface area contributed by atoms with Crippen LogP contribution in [-0.4, -0.2) is 24.8 Å². The molecule has 0 saturated carbocycles. The Morgan fingerprint density at radius 2 is 1.92 bits per heavy atom. The first-order chi connectivity index (χ1) is 12.0. The highest BCUT2D eigenvalue weighted by Gasteiger charge is 2.12. The first-order valence-electron chi connectivity index (χ1n) is 7.46. The molecule has 2 rings (SSSR count). The Labute approximate surface area is 150 Å². The summed E-state index contributed by atoms with van der Waals surface area (Å²) in [5, 5.41) is 18.8. The molecule has 2 aromatic rings. The number of benzene rings is 2. The highest BCUT2D eigenvalue weighted by molar-refractivity contribution is 6.32. The van der Waals surface area contributed by atoms with Gasteiger partial charge in [-0.1, -0.05) is 23.7 Å². The van der Waals surface area contributed by atoms with Crippen LogP contribution in [-0.2, 0) is 0 Å². The van der Waals surface area contributed by atoms with Gasteiger partial charge < -0.3 is 14.6 Å². The number of carboxylic acids is 1. The summed E-state index contributed by atoms with van der Waals surface area (Å²) in [6.45, 7) is 2.29. The van der Waals surface area contributed by atoms with E-state index in [-0.39, 0.29) is 5.56 Å². The fraction of sp³-hybridized carbons (Fsp3) is 0.158. The van der Waals surface area contributed by atoms with Crippen molar-refractivity contribution in [3.8, 4) is 17.6 Å². The minimum absolute atomic E-state index is 0.159. The van der Waals surface area contributed by atoms with Gasteiger partial charge in [-0.3, -0.25) is 0 Å². The average Bonchev–Trinajstić information content (AvgIpc) is 2.61. The fourth-order valence-corrected chi connectivity index (χ4v) is 2.52. The van der Waals surface area contributed by atoms with Gasteiger partial charge in [0.25, 0.3) is 0 Å². The van der Waals surface area contributed by atoms with Crippen LogP contribution in [0.3, 0.4) is 0 Å². The Morgan fingerprint density at radius 1 is 1.28 bits per heavy atom. The number of aromatic carboxylic acids is 1. The normalized spacial score (nSPS) is 10.9. The second-order valence-electron chi connectivity index (χ2n) is 5.02. The summed E-state index contributed by atoms with van der Waals surface area (Å²) in [6.07, 6.45) is 1.65. The molecule has 0 heterocycles. The van der Waals surface area contributed by atoms with E-state index in [9.17, 15) is 10.1 Å². The first-order valence-corrected chi connectivity index (χ1v) is 7.83. The number of ether oxygens (including phenoxy) is 2. The van der Waals surface area contributed by atoms with Crippen molar-refractivity contribution in [1.29, 1.82) is 5.26 Å². The van der Waals surface area contributed by atoms with Crippen LogP contribution < -0.4 is 9.47 Å². The quantitative estimate of drug-likeness (QED) is 0.607. The molecule has 0 spiro atoms. The van der Waals surface area contributed by atoms with E-state index in [1.165, 1.54) is 19.2 Å². The first kappa shape index (κ1) is 18.4. The van der Waals surface area contributed by atoms with Gasteiger partial charge in [0, 0.05) is 0 Å². The molecule has 0 aliphatic heterocycles. The van der Waals surface area contributed by atoms with Crippen molar-refractivity contribution in [2.75, 3.05) is 13.7 Å². The van der Waals surface area contributed by atoms with Crippen LogP contribution in [0, 0.1) is 11.3 Å². The number of rotatable bonds is 6. The third-order valence-electron chi connectivity index (χ3n) is 3.41. The van der Waals surface area contributed by atoms with Crippen molar-refractivity contribution < 1.29 is 19.4 Å². The number of carboxylic acid groups (broad SMARTS) is 1. The number of allylic oxidation sites excluding steroid dienone is 1. The lowest BCUT2D eigenvalue weighted by Crippen LogP contribution is -1.97. The molecule has 6 heteroatoms. The maximum absolute atomic E-state index is 10.9. The van der Waals surface area contributed by atoms with E-state index in [0.717, 1.165) is 0 Å². The third kappa shape index (κ3) is 4.31. The zero-order valence-electron chi connectivity index (χ0n) is 13.7. The maximum Gasteiger partial charge on any atom is 0.335 e. The molecule has 0 atom stereocenters. The molecule has 0 unspecified atom stereocenters. The van der Waals surface area contributed by atoms with Crippen LogP contribution in [0.25, 0.3) is 11.6 Å². The summed E-state index contributed by atoms with van der Waals surface area (Å²) in [5.74, 6) is -0.0932. The number of carbonyl (C=O) groups is 1. The van der Waals surface area contributed by atoms with E-state index in [1.54, 1.807) is 30.3 Å². The predicted molar refractivity (Wildman–Crippen MR) is 96.1 cm³/mol. The SMILES string of the molecule is CCOc1c(Cl)cc(/C=C(/C#N)c2ccc(C(=O)O)cc2)cc1OC. The summed E-state index contributed by atoms with van der Waals surface area (Å²) in [4.78, 5) is 10.9. The van der Waals surface area contributed by atoms with Crippen LogP contribution >= 0.6 is 11.6 Å². The van der Waals surface area contributed by atoms with Crippen LogP contribution in [0.2, 0.25) is 5.02 Å². The van der Waals surface area contributed by atoms with Gasteiger partial charge in [0.15, 0.2) is 11.5 Å². The molecule has 0 amide bonds. The molecule has 0 aromatic heterocycles. The largest absolute Gasteiger partial charge is 0.493 e. The molecule has 1 N–H and O–H groups in total. The molecule has 25 heavy (non-hydrogen) atoms. The van der Waals surface area contributed by atoms with Gasteiger partial charge in [-0.05, 0) is 48.4 Å². The smallest absolute Gasteiger partial charge is 0.335 e. The summed E-state index contributed by atoms with van der Waals surface area (Å²) >= 11 is 6.24. The minimum Gasteiger partial charge on any atom is -0.493 e. The van der Waals surface area contributed by atoms with Gasteiger partial charge in [-0.2, -0.15) is 5.26 Å². The molecule has 0 radical (unpaired) electrons. The Bertz CT molecular complexity index is 851. The predicted octanol–water partition coefficient (Wildman–Crippen LogP) is 4.51. The van der Waals surface area contributed by atoms with Crippen LogP contribution in [0.5, 0.6) is 11.5 Å². The summed E-state index contributed by atoms with van der Waals surface area (Å²) in [5.41, 5.74) is 1.81. The van der Waals surface area contributed by atoms with Gasteiger partial charge >= 0.3 is 5.97 Å². The van der Waals surface area contributed by atoms with E-state index < -0.39 is 5.97 Å². The second-order valence-corrected chi connectivity index (χ2v) is 5.43. The van der Waals surface area contributed by atoms with Gasteiger partial charge in [0.05, 0.1) is 35.9 Å². The molecule has 0 bridgehead atoms. The third-order valence-corrected chi connectivity index (χ3v) is 3.70. The van der Waals surface area contributed by atoms with Crippen LogP contribution in [0.15, 0.2) is 36.4 Å². The van der Waals surface area contributed by atoms with E-state index >= 15 is 0 Å². The lowest BCUT2D eigenvalue weighted by Gasteiger charge is -2.12. The van der Waals surface area contributed by atoms with Gasteiger partial charge in [0.1, 0.15) is 0 Å². The molecule has 128 valence electrons. The van der Waals surface area contributed by atoms with Crippen molar-refractivity contribution in [2.45, 2.75) is 6.92 Å². The molecule has 0 aliphatic carbocycles. The molecule has 5 nitrogen and oxygen atoms in total. The fourth-order valence-electron chi connectivity index (χ4n) is 2.25. The van der Waals surface area contributed by atoms with E-state index in [0.29, 0.717) is 39.8 Å². The van der Waals surface area contributed by atoms with Gasteiger partial charge in [-0.25, -0.2) is 4.79 Å². The number of nitrogens with zero attached hydrogens (tertiary/aromatic N) is 1. The van der Waals surface area contributed by atoms with Gasteiger partial charge in [-0.15, -0.1) is 0 Å². The topological polar surface area (TPSA) is 79.5 Å². The lowest BCUT2D eigenvalue weighted by atomic mass is 10.0. The van der Waals surface area contributed by atoms with Crippen LogP contribution in [0.4, 0.5) is 0 Å². The van der Waals surface area contributed by atoms with E-state index in [4.69, 9.17) is 26.2 Å². The highest BCUT2D eigenvalue weighted by atomic mass is 35.5. The van der Waals surface area contributed by atoms with E-state index in [1.807, 2.05) is 6.92 Å². The molecule has 2 aromatic carbocycles. The lowest BCUT2D eigenvalue weighted by molar-refractivity contribution is 0.0697. The van der Waals surface area contributed by atoms with Crippen molar-refractivity contribution in [3.63, 3.8) is 0 Å². The Morgan fingerprint density at radius 3 is 2.44 bits per heavy atom. The Kier molecular flexibility index (Phi) is 6.04. The van der Waals surface area contributed by atoms with Crippen molar-refractivity contribution in [3.05, 3.63) is 58.1 Å². The van der Waals surface area contributed by atoms with Crippen molar-refractivity contribution in [1.82, 2.24) is 0 Å². The monoisotopic (exact) mass is 357 g/mol. The molecular formula is C19H16ClNO4. The summed E-state index contributed by atoms with van der Waals surface area (Å²) in [7, 11) is 1.51. The summed E-state index contributed by atoms with van der Waals surface area (Å²) < 4.78 is 10.8. The second kappa shape index (κ2) is 8.22. The molecule has 0 saturated heterocycles. The number of nitriles is 1. The summed E-state index contributed by atoms with van der Waals surface area (Å²) in [6, 6.07) is 11.6. The molecular weight excluding hydrogens is 342 g/mol. The Balaban J connectivity index is 2.44. The molecule has 0 aliphatic rings. The Hall–Kier alpha value is -2.97. The number of methoxy groups -OCH3 is 1. The zero-order chi connectivity index (χ0) is 18.4. The van der Waals surface area contributed by atoms with Gasteiger partial charge in [0.2, 0.25) is 0 Å². The number of halogens is 1. The number of hydrogen-bond acceptors (Lipinski definition) is 4.